The number of H-pyrrole nitrogens is 1. The number of esters is 1. The van der Waals surface area contributed by atoms with Gasteiger partial charge in [-0.1, -0.05) is 30.3 Å². The Bertz CT molecular complexity index is 1820. The van der Waals surface area contributed by atoms with Crippen molar-refractivity contribution in [2.45, 2.75) is 63.4 Å². The Kier molecular flexibility index (Phi) is 8.92. The van der Waals surface area contributed by atoms with Crippen LogP contribution in [0.15, 0.2) is 53.6 Å². The SMILES string of the molecule is CC(C)OC(=O)[C@H](C)NP(=O)(OC[C@@]1(C(F)F)O[C@@H](n2cnc3c(=O)[nH]c(N)nc32)[C@H](F)[C@@H]1O)Oc1ccc2ccccc2c1. The van der Waals surface area contributed by atoms with E-state index in [1.165, 1.54) is 19.1 Å². The van der Waals surface area contributed by atoms with Crippen molar-refractivity contribution >= 4 is 41.6 Å². The number of rotatable bonds is 11. The third-order valence-corrected chi connectivity index (χ3v) is 8.60. The van der Waals surface area contributed by atoms with Gasteiger partial charge in [0.2, 0.25) is 5.95 Å². The van der Waals surface area contributed by atoms with E-state index in [0.717, 1.165) is 16.3 Å². The standard InChI is InChI=1S/C27H30F3N6O8P/c1-13(2)42-24(39)14(3)35-45(40,44-17-9-8-15-6-4-5-7-16(15)10-17)41-11-27(25(29)30)20(37)18(28)23(43-27)36-12-32-19-21(36)33-26(31)34-22(19)38/h4-10,12-14,18,20,23,25,37H,11H2,1-3H3,(H,35,40)(H3,31,33,34,38)/t14-,18+,20-,23+,27+,45?/m0/s1. The number of ether oxygens (including phenoxy) is 2. The number of carbonyl (C=O) groups is 1. The largest absolute Gasteiger partial charge is 0.462 e. The van der Waals surface area contributed by atoms with E-state index in [4.69, 9.17) is 24.3 Å². The lowest BCUT2D eigenvalue weighted by Crippen LogP contribution is -2.52. The van der Waals surface area contributed by atoms with Gasteiger partial charge >= 0.3 is 13.7 Å². The summed E-state index contributed by atoms with van der Waals surface area (Å²) in [6.45, 7) is 3.08. The maximum atomic E-state index is 15.5. The minimum absolute atomic E-state index is 0.0204. The van der Waals surface area contributed by atoms with Crippen molar-refractivity contribution in [1.82, 2.24) is 24.6 Å². The summed E-state index contributed by atoms with van der Waals surface area (Å²) in [6.07, 6.45) is -10.3. The molecular formula is C27H30F3N6O8P. The molecule has 0 amide bonds. The number of anilines is 1. The highest BCUT2D eigenvalue weighted by molar-refractivity contribution is 7.52. The first-order valence-electron chi connectivity index (χ1n) is 13.6. The van der Waals surface area contributed by atoms with Crippen molar-refractivity contribution < 1.29 is 46.2 Å². The molecule has 1 unspecified atom stereocenters. The van der Waals surface area contributed by atoms with Gasteiger partial charge in [-0.3, -0.25) is 23.7 Å². The molecule has 0 saturated carbocycles. The van der Waals surface area contributed by atoms with Crippen LogP contribution in [-0.4, -0.2) is 73.6 Å². The average Bonchev–Trinajstić information content (AvgIpc) is 3.50. The lowest BCUT2D eigenvalue weighted by atomic mass is 9.97. The smallest absolute Gasteiger partial charge is 0.459 e. The number of aliphatic hydroxyl groups excluding tert-OH is 1. The summed E-state index contributed by atoms with van der Waals surface area (Å²) in [5.41, 5.74) is 1.09. The fraction of sp³-hybridized carbons (Fsp3) is 0.407. The summed E-state index contributed by atoms with van der Waals surface area (Å²) >= 11 is 0. The van der Waals surface area contributed by atoms with E-state index in [1.807, 2.05) is 6.07 Å². The number of fused-ring (bicyclic) bond motifs is 2. The molecule has 5 rings (SSSR count). The molecule has 5 N–H and O–H groups in total. The predicted octanol–water partition coefficient (Wildman–Crippen LogP) is 3.22. The zero-order chi connectivity index (χ0) is 32.7. The maximum Gasteiger partial charge on any atom is 0.459 e. The van der Waals surface area contributed by atoms with Crippen LogP contribution >= 0.6 is 7.75 Å². The van der Waals surface area contributed by atoms with Crippen molar-refractivity contribution in [1.29, 1.82) is 0 Å². The van der Waals surface area contributed by atoms with Crippen molar-refractivity contribution in [2.24, 2.45) is 0 Å². The predicted molar refractivity (Wildman–Crippen MR) is 154 cm³/mol. The molecule has 0 spiro atoms. The van der Waals surface area contributed by atoms with Crippen molar-refractivity contribution in [2.75, 3.05) is 12.3 Å². The number of benzene rings is 2. The van der Waals surface area contributed by atoms with Crippen LogP contribution in [0, 0.1) is 0 Å². The summed E-state index contributed by atoms with van der Waals surface area (Å²) < 4.78 is 81.4. The highest BCUT2D eigenvalue weighted by Gasteiger charge is 2.62. The van der Waals surface area contributed by atoms with Gasteiger partial charge in [-0.2, -0.15) is 10.1 Å². The summed E-state index contributed by atoms with van der Waals surface area (Å²) in [4.78, 5) is 34.6. The van der Waals surface area contributed by atoms with Crippen molar-refractivity contribution in [3.8, 4) is 5.75 Å². The number of aromatic nitrogens is 4. The normalized spacial score (nSPS) is 23.9. The Morgan fingerprint density at radius 1 is 1.24 bits per heavy atom. The summed E-state index contributed by atoms with van der Waals surface area (Å²) in [6, 6.07) is 10.4. The van der Waals surface area contributed by atoms with E-state index >= 15 is 4.39 Å². The Morgan fingerprint density at radius 2 is 1.96 bits per heavy atom. The van der Waals surface area contributed by atoms with Gasteiger partial charge in [-0.05, 0) is 43.7 Å². The highest BCUT2D eigenvalue weighted by atomic mass is 31.2. The highest BCUT2D eigenvalue weighted by Crippen LogP contribution is 2.50. The quantitative estimate of drug-likeness (QED) is 0.137. The number of nitrogens with two attached hydrogens (primary N) is 1. The summed E-state index contributed by atoms with van der Waals surface area (Å²) in [7, 11) is -4.78. The molecule has 14 nitrogen and oxygen atoms in total. The number of nitrogens with one attached hydrogen (secondary N) is 2. The molecule has 2 aromatic carbocycles. The number of aromatic amines is 1. The molecule has 3 heterocycles. The molecule has 242 valence electrons. The number of imidazole rings is 1. The number of hydrogen-bond acceptors (Lipinski definition) is 11. The molecule has 18 heteroatoms. The number of carbonyl (C=O) groups excluding carboxylic acids is 1. The molecule has 1 aliphatic rings. The summed E-state index contributed by atoms with van der Waals surface area (Å²) in [5, 5.41) is 14.6. The van der Waals surface area contributed by atoms with Crippen LogP contribution in [0.2, 0.25) is 0 Å². The Morgan fingerprint density at radius 3 is 2.64 bits per heavy atom. The topological polar surface area (TPSA) is 193 Å². The number of nitrogen functional groups attached to an aromatic ring is 1. The van der Waals surface area contributed by atoms with Crippen LogP contribution in [0.5, 0.6) is 5.75 Å². The molecule has 1 saturated heterocycles. The molecule has 45 heavy (non-hydrogen) atoms. The first kappa shape index (κ1) is 32.4. The van der Waals surface area contributed by atoms with Gasteiger partial charge < -0.3 is 24.8 Å². The molecule has 4 aromatic rings. The second kappa shape index (κ2) is 12.4. The van der Waals surface area contributed by atoms with E-state index < -0.39 is 68.6 Å². The maximum absolute atomic E-state index is 15.5. The summed E-state index contributed by atoms with van der Waals surface area (Å²) in [5.74, 6) is -1.24. The van der Waals surface area contributed by atoms with Crippen LogP contribution < -0.4 is 20.9 Å². The third-order valence-electron chi connectivity index (χ3n) is 6.97. The average molecular weight is 655 g/mol. The van der Waals surface area contributed by atoms with E-state index in [1.54, 1.807) is 38.1 Å². The Hall–Kier alpha value is -4.02. The number of halogens is 3. The number of alkyl halides is 3. The minimum Gasteiger partial charge on any atom is -0.462 e. The Balaban J connectivity index is 1.46. The zero-order valence-electron chi connectivity index (χ0n) is 24.1. The van der Waals surface area contributed by atoms with Gasteiger partial charge in [0.1, 0.15) is 17.9 Å². The zero-order valence-corrected chi connectivity index (χ0v) is 25.0. The third kappa shape index (κ3) is 6.39. The van der Waals surface area contributed by atoms with Gasteiger partial charge in [-0.15, -0.1) is 0 Å². The van der Waals surface area contributed by atoms with Crippen LogP contribution in [0.1, 0.15) is 27.0 Å². The number of hydrogen-bond donors (Lipinski definition) is 4. The van der Waals surface area contributed by atoms with Gasteiger partial charge in [0.15, 0.2) is 29.2 Å². The lowest BCUT2D eigenvalue weighted by molar-refractivity contribution is -0.191. The van der Waals surface area contributed by atoms with Crippen molar-refractivity contribution in [3.05, 3.63) is 59.1 Å². The first-order valence-corrected chi connectivity index (χ1v) is 15.2. The van der Waals surface area contributed by atoms with E-state index in [-0.39, 0.29) is 22.9 Å². The minimum atomic E-state index is -4.78. The van der Waals surface area contributed by atoms with Gasteiger partial charge in [0.05, 0.1) is 19.0 Å². The molecule has 2 aromatic heterocycles. The fourth-order valence-corrected chi connectivity index (χ4v) is 6.27. The molecule has 0 aliphatic carbocycles. The van der Waals surface area contributed by atoms with Crippen LogP contribution in [0.3, 0.4) is 0 Å². The first-order chi connectivity index (χ1) is 21.2. The van der Waals surface area contributed by atoms with Gasteiger partial charge in [-0.25, -0.2) is 22.7 Å². The van der Waals surface area contributed by atoms with Crippen LogP contribution in [-0.2, 0) is 23.4 Å². The molecule has 1 aliphatic heterocycles. The monoisotopic (exact) mass is 654 g/mol. The van der Waals surface area contributed by atoms with Crippen molar-refractivity contribution in [3.63, 3.8) is 0 Å². The van der Waals surface area contributed by atoms with Crippen LogP contribution in [0.4, 0.5) is 19.1 Å². The molecule has 1 fully saturated rings. The van der Waals surface area contributed by atoms with Gasteiger partial charge in [0.25, 0.3) is 12.0 Å². The van der Waals surface area contributed by atoms with E-state index in [0.29, 0.717) is 5.39 Å². The molecule has 0 bridgehead atoms. The lowest BCUT2D eigenvalue weighted by Gasteiger charge is -2.32. The second-order valence-corrected chi connectivity index (χ2v) is 12.3. The van der Waals surface area contributed by atoms with E-state index in [9.17, 15) is 28.0 Å². The molecule has 6 atom stereocenters. The van der Waals surface area contributed by atoms with E-state index in [2.05, 4.69) is 20.0 Å². The number of aliphatic hydroxyl groups is 1. The molecule has 0 radical (unpaired) electrons. The Labute approximate surface area is 253 Å². The number of nitrogens with zero attached hydrogens (tertiary/aromatic N) is 3. The second-order valence-electron chi connectivity index (χ2n) is 10.6. The van der Waals surface area contributed by atoms with Gasteiger partial charge in [0, 0.05) is 0 Å². The van der Waals surface area contributed by atoms with Crippen LogP contribution in [0.25, 0.3) is 21.9 Å². The molecular weight excluding hydrogens is 624 g/mol. The fourth-order valence-electron chi connectivity index (χ4n) is 4.75.